The fourth-order valence-electron chi connectivity index (χ4n) is 1.54. The van der Waals surface area contributed by atoms with Crippen LogP contribution in [0.2, 0.25) is 0 Å². The zero-order valence-electron chi connectivity index (χ0n) is 9.95. The monoisotopic (exact) mass is 292 g/mol. The molecule has 0 bridgehead atoms. The maximum atomic E-state index is 4.48. The van der Waals surface area contributed by atoms with Crippen LogP contribution in [0.5, 0.6) is 0 Å². The molecule has 0 aromatic carbocycles. The molecule has 2 heterocycles. The average molecular weight is 293 g/mol. The van der Waals surface area contributed by atoms with Crippen molar-refractivity contribution in [3.8, 4) is 11.4 Å². The van der Waals surface area contributed by atoms with E-state index in [2.05, 4.69) is 36.2 Å². The second-order valence-electron chi connectivity index (χ2n) is 3.75. The molecule has 2 aromatic heterocycles. The highest BCUT2D eigenvalue weighted by atomic mass is 79.9. The van der Waals surface area contributed by atoms with E-state index in [-0.39, 0.29) is 0 Å². The van der Waals surface area contributed by atoms with Crippen LogP contribution >= 0.6 is 15.9 Å². The highest BCUT2D eigenvalue weighted by Gasteiger charge is 2.09. The number of rotatable bonds is 2. The van der Waals surface area contributed by atoms with Crippen molar-refractivity contribution in [3.63, 3.8) is 0 Å². The highest BCUT2D eigenvalue weighted by molar-refractivity contribution is 9.10. The van der Waals surface area contributed by atoms with Gasteiger partial charge in [0.1, 0.15) is 5.82 Å². The summed E-state index contributed by atoms with van der Waals surface area (Å²) in [6, 6.07) is 1.95. The Morgan fingerprint density at radius 3 is 2.59 bits per heavy atom. The molecule has 0 amide bonds. The smallest absolute Gasteiger partial charge is 0.163 e. The minimum Gasteiger partial charge on any atom is -0.373 e. The standard InChI is InChI=1S/C12H13BrN4/c1-7-8(2)16-12(17-11(7)14-3)9-4-10(13)6-15-5-9/h4-6H,1-3H3,(H,14,16,17). The average Bonchev–Trinajstić information content (AvgIpc) is 2.32. The molecule has 1 N–H and O–H groups in total. The zero-order valence-corrected chi connectivity index (χ0v) is 11.5. The second kappa shape index (κ2) is 4.79. The van der Waals surface area contributed by atoms with Gasteiger partial charge in [0.05, 0.1) is 0 Å². The Kier molecular flexibility index (Phi) is 3.38. The van der Waals surface area contributed by atoms with Crippen LogP contribution < -0.4 is 5.32 Å². The fourth-order valence-corrected chi connectivity index (χ4v) is 1.90. The SMILES string of the molecule is CNc1nc(-c2cncc(Br)c2)nc(C)c1C. The molecule has 2 aromatic rings. The first-order chi connectivity index (χ1) is 8.11. The van der Waals surface area contributed by atoms with Crippen LogP contribution in [-0.4, -0.2) is 22.0 Å². The number of halogens is 1. The number of aryl methyl sites for hydroxylation is 1. The van der Waals surface area contributed by atoms with Gasteiger partial charge < -0.3 is 5.32 Å². The van der Waals surface area contributed by atoms with Crippen molar-refractivity contribution >= 4 is 21.7 Å². The van der Waals surface area contributed by atoms with Crippen molar-refractivity contribution < 1.29 is 0 Å². The molecule has 4 nitrogen and oxygen atoms in total. The molecule has 0 atom stereocenters. The van der Waals surface area contributed by atoms with Gasteiger partial charge in [0.2, 0.25) is 0 Å². The van der Waals surface area contributed by atoms with Gasteiger partial charge in [-0.2, -0.15) is 0 Å². The third-order valence-corrected chi connectivity index (χ3v) is 3.02. The predicted molar refractivity (Wildman–Crippen MR) is 72.0 cm³/mol. The summed E-state index contributed by atoms with van der Waals surface area (Å²) in [5.41, 5.74) is 2.94. The third kappa shape index (κ3) is 2.44. The van der Waals surface area contributed by atoms with E-state index >= 15 is 0 Å². The maximum absolute atomic E-state index is 4.48. The third-order valence-electron chi connectivity index (χ3n) is 2.59. The molecule has 5 heteroatoms. The number of anilines is 1. The van der Waals surface area contributed by atoms with Crippen LogP contribution in [0.1, 0.15) is 11.3 Å². The van der Waals surface area contributed by atoms with Crippen LogP contribution in [0.3, 0.4) is 0 Å². The Bertz CT molecular complexity index is 554. The van der Waals surface area contributed by atoms with Gasteiger partial charge in [-0.1, -0.05) is 0 Å². The Morgan fingerprint density at radius 2 is 1.94 bits per heavy atom. The van der Waals surface area contributed by atoms with Crippen LogP contribution in [0.4, 0.5) is 5.82 Å². The lowest BCUT2D eigenvalue weighted by Crippen LogP contribution is -2.02. The molecule has 0 saturated heterocycles. The molecular weight excluding hydrogens is 280 g/mol. The number of hydrogen-bond acceptors (Lipinski definition) is 4. The van der Waals surface area contributed by atoms with E-state index in [9.17, 15) is 0 Å². The summed E-state index contributed by atoms with van der Waals surface area (Å²) in [5.74, 6) is 1.54. The van der Waals surface area contributed by atoms with Crippen LogP contribution in [0.25, 0.3) is 11.4 Å². The summed E-state index contributed by atoms with van der Waals surface area (Å²) in [5, 5.41) is 3.08. The number of pyridine rings is 1. The quantitative estimate of drug-likeness (QED) is 0.925. The van der Waals surface area contributed by atoms with Crippen molar-refractivity contribution in [2.24, 2.45) is 0 Å². The van der Waals surface area contributed by atoms with E-state index in [1.54, 1.807) is 12.4 Å². The molecule has 17 heavy (non-hydrogen) atoms. The first kappa shape index (κ1) is 12.0. The summed E-state index contributed by atoms with van der Waals surface area (Å²) in [6.07, 6.45) is 3.50. The second-order valence-corrected chi connectivity index (χ2v) is 4.66. The van der Waals surface area contributed by atoms with Crippen molar-refractivity contribution in [1.29, 1.82) is 0 Å². The molecule has 0 aliphatic rings. The first-order valence-corrected chi connectivity index (χ1v) is 6.05. The normalized spacial score (nSPS) is 10.4. The minimum atomic E-state index is 0.686. The minimum absolute atomic E-state index is 0.686. The Morgan fingerprint density at radius 1 is 1.18 bits per heavy atom. The molecule has 0 fully saturated rings. The molecule has 0 radical (unpaired) electrons. The predicted octanol–water partition coefficient (Wildman–Crippen LogP) is 2.96. The van der Waals surface area contributed by atoms with Gasteiger partial charge >= 0.3 is 0 Å². The molecule has 0 unspecified atom stereocenters. The number of hydrogen-bond donors (Lipinski definition) is 1. The van der Waals surface area contributed by atoms with E-state index in [0.29, 0.717) is 5.82 Å². The van der Waals surface area contributed by atoms with E-state index in [1.807, 2.05) is 27.0 Å². The molecule has 88 valence electrons. The summed E-state index contributed by atoms with van der Waals surface area (Å²) in [4.78, 5) is 13.1. The number of nitrogens with zero attached hydrogens (tertiary/aromatic N) is 3. The Hall–Kier alpha value is -1.49. The van der Waals surface area contributed by atoms with Crippen molar-refractivity contribution in [1.82, 2.24) is 15.0 Å². The van der Waals surface area contributed by atoms with Gasteiger partial charge in [-0.3, -0.25) is 4.98 Å². The lowest BCUT2D eigenvalue weighted by molar-refractivity contribution is 1.06. The van der Waals surface area contributed by atoms with Crippen LogP contribution in [0, 0.1) is 13.8 Å². The van der Waals surface area contributed by atoms with E-state index in [0.717, 1.165) is 27.1 Å². The largest absolute Gasteiger partial charge is 0.373 e. The first-order valence-electron chi connectivity index (χ1n) is 5.25. The summed E-state index contributed by atoms with van der Waals surface area (Å²) in [6.45, 7) is 3.98. The fraction of sp³-hybridized carbons (Fsp3) is 0.250. The Labute approximate surface area is 109 Å². The lowest BCUT2D eigenvalue weighted by Gasteiger charge is -2.09. The summed E-state index contributed by atoms with van der Waals surface area (Å²) in [7, 11) is 1.86. The van der Waals surface area contributed by atoms with E-state index in [1.165, 1.54) is 0 Å². The molecule has 0 aliphatic heterocycles. The zero-order chi connectivity index (χ0) is 12.4. The summed E-state index contributed by atoms with van der Waals surface area (Å²) >= 11 is 3.39. The molecule has 0 aliphatic carbocycles. The Balaban J connectivity index is 2.56. The number of nitrogens with one attached hydrogen (secondary N) is 1. The molecule has 0 saturated carbocycles. The van der Waals surface area contributed by atoms with Crippen molar-refractivity contribution in [2.75, 3.05) is 12.4 Å². The summed E-state index contributed by atoms with van der Waals surface area (Å²) < 4.78 is 0.919. The van der Waals surface area contributed by atoms with Gasteiger partial charge in [-0.15, -0.1) is 0 Å². The molecule has 2 rings (SSSR count). The molecular formula is C12H13BrN4. The molecule has 0 spiro atoms. The van der Waals surface area contributed by atoms with Gasteiger partial charge in [0, 0.05) is 40.7 Å². The van der Waals surface area contributed by atoms with E-state index < -0.39 is 0 Å². The van der Waals surface area contributed by atoms with Gasteiger partial charge in [0.15, 0.2) is 5.82 Å². The maximum Gasteiger partial charge on any atom is 0.163 e. The van der Waals surface area contributed by atoms with Gasteiger partial charge in [0.25, 0.3) is 0 Å². The van der Waals surface area contributed by atoms with Gasteiger partial charge in [-0.05, 0) is 35.8 Å². The topological polar surface area (TPSA) is 50.7 Å². The van der Waals surface area contributed by atoms with Crippen molar-refractivity contribution in [3.05, 3.63) is 34.2 Å². The highest BCUT2D eigenvalue weighted by Crippen LogP contribution is 2.22. The van der Waals surface area contributed by atoms with Crippen LogP contribution in [-0.2, 0) is 0 Å². The van der Waals surface area contributed by atoms with E-state index in [4.69, 9.17) is 0 Å². The lowest BCUT2D eigenvalue weighted by atomic mass is 10.2. The number of aromatic nitrogens is 3. The van der Waals surface area contributed by atoms with Crippen LogP contribution in [0.15, 0.2) is 22.9 Å². The van der Waals surface area contributed by atoms with Gasteiger partial charge in [-0.25, -0.2) is 9.97 Å². The van der Waals surface area contributed by atoms with Crippen molar-refractivity contribution in [2.45, 2.75) is 13.8 Å².